The lowest BCUT2D eigenvalue weighted by atomic mass is 9.77. The van der Waals surface area contributed by atoms with Gasteiger partial charge in [0.15, 0.2) is 0 Å². The SMILES string of the molecule is CCCC1CCC(CN)(OCc2cc(C)nn2C)CC1. The molecule has 1 aliphatic carbocycles. The first-order chi connectivity index (χ1) is 9.58. The molecule has 0 saturated heterocycles. The van der Waals surface area contributed by atoms with E-state index in [1.54, 1.807) is 0 Å². The van der Waals surface area contributed by atoms with Crippen LogP contribution in [-0.4, -0.2) is 21.9 Å². The number of nitrogens with two attached hydrogens (primary N) is 1. The smallest absolute Gasteiger partial charge is 0.0892 e. The summed E-state index contributed by atoms with van der Waals surface area (Å²) in [5.74, 6) is 0.877. The van der Waals surface area contributed by atoms with Gasteiger partial charge in [0.2, 0.25) is 0 Å². The van der Waals surface area contributed by atoms with Crippen molar-refractivity contribution in [3.8, 4) is 0 Å². The second kappa shape index (κ2) is 6.72. The largest absolute Gasteiger partial charge is 0.367 e. The highest BCUT2D eigenvalue weighted by molar-refractivity contribution is 5.07. The van der Waals surface area contributed by atoms with Gasteiger partial charge >= 0.3 is 0 Å². The van der Waals surface area contributed by atoms with Crippen molar-refractivity contribution < 1.29 is 4.74 Å². The van der Waals surface area contributed by atoms with Crippen molar-refractivity contribution >= 4 is 0 Å². The maximum Gasteiger partial charge on any atom is 0.0892 e. The van der Waals surface area contributed by atoms with Gasteiger partial charge in [-0.15, -0.1) is 0 Å². The van der Waals surface area contributed by atoms with Gasteiger partial charge in [-0.2, -0.15) is 5.10 Å². The van der Waals surface area contributed by atoms with Crippen LogP contribution in [-0.2, 0) is 18.4 Å². The molecule has 2 N–H and O–H groups in total. The van der Waals surface area contributed by atoms with Crippen LogP contribution in [0.5, 0.6) is 0 Å². The number of nitrogens with zero attached hydrogens (tertiary/aromatic N) is 2. The zero-order chi connectivity index (χ0) is 14.6. The fourth-order valence-corrected chi connectivity index (χ4v) is 3.33. The van der Waals surface area contributed by atoms with E-state index in [0.717, 1.165) is 30.1 Å². The summed E-state index contributed by atoms with van der Waals surface area (Å²) < 4.78 is 8.15. The average molecular weight is 279 g/mol. The average Bonchev–Trinajstić information content (AvgIpc) is 2.77. The molecule has 4 heteroatoms. The van der Waals surface area contributed by atoms with Crippen LogP contribution in [0.2, 0.25) is 0 Å². The Kier molecular flexibility index (Phi) is 5.22. The molecule has 1 aromatic rings. The number of rotatable bonds is 6. The van der Waals surface area contributed by atoms with Crippen LogP contribution in [0, 0.1) is 12.8 Å². The number of aromatic nitrogens is 2. The third kappa shape index (κ3) is 3.61. The first kappa shape index (κ1) is 15.5. The molecule has 2 rings (SSSR count). The van der Waals surface area contributed by atoms with Crippen molar-refractivity contribution in [1.82, 2.24) is 9.78 Å². The van der Waals surface area contributed by atoms with E-state index < -0.39 is 0 Å². The summed E-state index contributed by atoms with van der Waals surface area (Å²) in [6.45, 7) is 5.53. The minimum absolute atomic E-state index is 0.109. The number of hydrogen-bond donors (Lipinski definition) is 1. The van der Waals surface area contributed by atoms with Crippen LogP contribution in [0.25, 0.3) is 0 Å². The minimum atomic E-state index is -0.109. The molecule has 0 aliphatic heterocycles. The topological polar surface area (TPSA) is 53.1 Å². The van der Waals surface area contributed by atoms with E-state index in [1.807, 2.05) is 18.7 Å². The quantitative estimate of drug-likeness (QED) is 0.871. The van der Waals surface area contributed by atoms with Crippen LogP contribution >= 0.6 is 0 Å². The van der Waals surface area contributed by atoms with Gasteiger partial charge in [0.1, 0.15) is 0 Å². The molecule has 0 aromatic carbocycles. The highest BCUT2D eigenvalue weighted by atomic mass is 16.5. The molecule has 0 bridgehead atoms. The first-order valence-electron chi connectivity index (χ1n) is 7.92. The lowest BCUT2D eigenvalue weighted by molar-refractivity contribution is -0.0834. The van der Waals surface area contributed by atoms with Crippen LogP contribution < -0.4 is 5.73 Å². The lowest BCUT2D eigenvalue weighted by Crippen LogP contribution is -2.44. The predicted octanol–water partition coefficient (Wildman–Crippen LogP) is 2.93. The van der Waals surface area contributed by atoms with Crippen LogP contribution in [0.15, 0.2) is 6.07 Å². The Balaban J connectivity index is 1.91. The van der Waals surface area contributed by atoms with Gasteiger partial charge < -0.3 is 10.5 Å². The van der Waals surface area contributed by atoms with E-state index >= 15 is 0 Å². The van der Waals surface area contributed by atoms with Crippen molar-refractivity contribution in [2.24, 2.45) is 18.7 Å². The van der Waals surface area contributed by atoms with E-state index in [-0.39, 0.29) is 5.60 Å². The number of ether oxygens (including phenoxy) is 1. The molecule has 0 spiro atoms. The summed E-state index contributed by atoms with van der Waals surface area (Å²) in [6, 6.07) is 2.09. The molecule has 1 heterocycles. The number of hydrogen-bond acceptors (Lipinski definition) is 3. The molecule has 1 aromatic heterocycles. The third-order valence-corrected chi connectivity index (χ3v) is 4.71. The van der Waals surface area contributed by atoms with Gasteiger partial charge in [-0.3, -0.25) is 4.68 Å². The summed E-state index contributed by atoms with van der Waals surface area (Å²) >= 11 is 0. The monoisotopic (exact) mass is 279 g/mol. The van der Waals surface area contributed by atoms with Crippen LogP contribution in [0.4, 0.5) is 0 Å². The molecule has 0 atom stereocenters. The molecular weight excluding hydrogens is 250 g/mol. The lowest BCUT2D eigenvalue weighted by Gasteiger charge is -2.39. The molecule has 0 unspecified atom stereocenters. The predicted molar refractivity (Wildman–Crippen MR) is 81.4 cm³/mol. The Hall–Kier alpha value is -0.870. The van der Waals surface area contributed by atoms with Crippen LogP contribution in [0.1, 0.15) is 56.8 Å². The van der Waals surface area contributed by atoms with Gasteiger partial charge in [-0.1, -0.05) is 19.8 Å². The van der Waals surface area contributed by atoms with Gasteiger partial charge in [0.25, 0.3) is 0 Å². The van der Waals surface area contributed by atoms with E-state index in [0.29, 0.717) is 13.2 Å². The molecule has 1 aliphatic rings. The molecule has 0 radical (unpaired) electrons. The van der Waals surface area contributed by atoms with Gasteiger partial charge in [0.05, 0.1) is 23.6 Å². The van der Waals surface area contributed by atoms with E-state index in [2.05, 4.69) is 18.1 Å². The molecule has 114 valence electrons. The highest BCUT2D eigenvalue weighted by Gasteiger charge is 2.35. The van der Waals surface area contributed by atoms with Crippen molar-refractivity contribution in [2.75, 3.05) is 6.54 Å². The summed E-state index contributed by atoms with van der Waals surface area (Å²) in [7, 11) is 1.97. The molecule has 0 amide bonds. The third-order valence-electron chi connectivity index (χ3n) is 4.71. The van der Waals surface area contributed by atoms with Gasteiger partial charge in [0, 0.05) is 13.6 Å². The zero-order valence-electron chi connectivity index (χ0n) is 13.2. The normalized spacial score (nSPS) is 26.9. The first-order valence-corrected chi connectivity index (χ1v) is 7.92. The molecule has 1 fully saturated rings. The summed E-state index contributed by atoms with van der Waals surface area (Å²) in [4.78, 5) is 0. The summed E-state index contributed by atoms with van der Waals surface area (Å²) in [6.07, 6.45) is 7.36. The van der Waals surface area contributed by atoms with E-state index in [4.69, 9.17) is 10.5 Å². The number of aryl methyl sites for hydroxylation is 2. The molecule has 1 saturated carbocycles. The van der Waals surface area contributed by atoms with E-state index in [1.165, 1.54) is 25.7 Å². The maximum atomic E-state index is 6.24. The Morgan fingerprint density at radius 1 is 1.45 bits per heavy atom. The van der Waals surface area contributed by atoms with E-state index in [9.17, 15) is 0 Å². The highest BCUT2D eigenvalue weighted by Crippen LogP contribution is 2.36. The molecule has 20 heavy (non-hydrogen) atoms. The maximum absolute atomic E-state index is 6.24. The fourth-order valence-electron chi connectivity index (χ4n) is 3.33. The van der Waals surface area contributed by atoms with Crippen molar-refractivity contribution in [3.05, 3.63) is 17.5 Å². The zero-order valence-corrected chi connectivity index (χ0v) is 13.2. The minimum Gasteiger partial charge on any atom is -0.367 e. The summed E-state index contributed by atoms with van der Waals surface area (Å²) in [5.41, 5.74) is 8.08. The molecular formula is C16H29N3O. The molecule has 4 nitrogen and oxygen atoms in total. The standard InChI is InChI=1S/C16H29N3O/c1-4-5-14-6-8-16(12-17,9-7-14)20-11-15-10-13(2)18-19(15)3/h10,14H,4-9,11-12,17H2,1-3H3. The Morgan fingerprint density at radius 2 is 2.15 bits per heavy atom. The van der Waals surface area contributed by atoms with Gasteiger partial charge in [-0.25, -0.2) is 0 Å². The fraction of sp³-hybridized carbons (Fsp3) is 0.812. The van der Waals surface area contributed by atoms with Crippen molar-refractivity contribution in [2.45, 2.75) is 64.6 Å². The Labute approximate surface area is 122 Å². The van der Waals surface area contributed by atoms with Crippen molar-refractivity contribution in [1.29, 1.82) is 0 Å². The summed E-state index contributed by atoms with van der Waals surface area (Å²) in [5, 5.41) is 4.37. The van der Waals surface area contributed by atoms with Gasteiger partial charge in [-0.05, 0) is 44.6 Å². The Bertz CT molecular complexity index is 419. The van der Waals surface area contributed by atoms with Crippen molar-refractivity contribution in [3.63, 3.8) is 0 Å². The Morgan fingerprint density at radius 3 is 2.65 bits per heavy atom. The second-order valence-corrected chi connectivity index (χ2v) is 6.31. The van der Waals surface area contributed by atoms with Crippen LogP contribution in [0.3, 0.4) is 0 Å². The second-order valence-electron chi connectivity index (χ2n) is 6.31.